The van der Waals surface area contributed by atoms with Crippen LogP contribution in [0.3, 0.4) is 0 Å². The van der Waals surface area contributed by atoms with Crippen LogP contribution in [0.25, 0.3) is 5.57 Å². The number of ketones is 1. The Labute approximate surface area is 110 Å². The van der Waals surface area contributed by atoms with Gasteiger partial charge in [0.05, 0.1) is 16.8 Å². The molecule has 0 saturated carbocycles. The van der Waals surface area contributed by atoms with Crippen molar-refractivity contribution in [2.75, 3.05) is 0 Å². The summed E-state index contributed by atoms with van der Waals surface area (Å²) in [5.41, 5.74) is -1.92. The van der Waals surface area contributed by atoms with Gasteiger partial charge in [0.1, 0.15) is 0 Å². The average molecular weight is 287 g/mol. The van der Waals surface area contributed by atoms with Crippen molar-refractivity contribution >= 4 is 17.8 Å². The van der Waals surface area contributed by atoms with Crippen molar-refractivity contribution in [3.8, 4) is 0 Å². The lowest BCUT2D eigenvalue weighted by Crippen LogP contribution is -2.25. The smallest absolute Gasteiger partial charge is 0.413 e. The first-order valence-corrected chi connectivity index (χ1v) is 5.39. The second-order valence-electron chi connectivity index (χ2n) is 3.94. The number of allylic oxidation sites excluding steroid dienone is 3. The number of aromatic nitrogens is 2. The average Bonchev–Trinajstić information content (AvgIpc) is 2.74. The third-order valence-corrected chi connectivity index (χ3v) is 2.52. The number of rotatable bonds is 3. The molecule has 1 aliphatic carbocycles. The van der Waals surface area contributed by atoms with Gasteiger partial charge in [0.15, 0.2) is 5.78 Å². The molecule has 0 fully saturated rings. The third kappa shape index (κ3) is 2.60. The first kappa shape index (κ1) is 14.0. The molecule has 0 bridgehead atoms. The second-order valence-corrected chi connectivity index (χ2v) is 3.94. The monoisotopic (exact) mass is 287 g/mol. The highest BCUT2D eigenvalue weighted by molar-refractivity contribution is 6.01. The van der Waals surface area contributed by atoms with Crippen molar-refractivity contribution in [2.45, 2.75) is 19.5 Å². The van der Waals surface area contributed by atoms with E-state index in [0.717, 1.165) is 6.08 Å². The molecule has 6 nitrogen and oxygen atoms in total. The van der Waals surface area contributed by atoms with Gasteiger partial charge >= 0.3 is 6.18 Å². The number of amides is 1. The normalized spacial score (nSPS) is 16.2. The number of hydrogen-bond donors (Lipinski definition) is 1. The molecule has 1 amide bonds. The molecule has 1 aromatic heterocycles. The van der Waals surface area contributed by atoms with E-state index in [1.165, 1.54) is 6.92 Å². The summed E-state index contributed by atoms with van der Waals surface area (Å²) >= 11 is 0. The van der Waals surface area contributed by atoms with Crippen LogP contribution in [0.5, 0.6) is 0 Å². The van der Waals surface area contributed by atoms with Crippen LogP contribution in [0.1, 0.15) is 18.2 Å². The van der Waals surface area contributed by atoms with Gasteiger partial charge < -0.3 is 9.73 Å². The highest BCUT2D eigenvalue weighted by atomic mass is 19.4. The first-order chi connectivity index (χ1) is 9.32. The van der Waals surface area contributed by atoms with Crippen LogP contribution >= 0.6 is 0 Å². The fourth-order valence-corrected chi connectivity index (χ4v) is 1.77. The lowest BCUT2D eigenvalue weighted by atomic mass is 9.93. The van der Waals surface area contributed by atoms with Gasteiger partial charge in [-0.3, -0.25) is 9.59 Å². The van der Waals surface area contributed by atoms with Crippen LogP contribution < -0.4 is 5.32 Å². The molecule has 2 rings (SSSR count). The molecular weight excluding hydrogens is 279 g/mol. The standard InChI is InChI=1S/C11H8F3N3O3/c1-5-16-17-10(20-5)9-7(11(12,13)14)2-6(19)3-8(9)15-4-18/h3-4H,2H2,1H3,(H,15,18). The molecule has 20 heavy (non-hydrogen) atoms. The zero-order chi connectivity index (χ0) is 14.9. The molecule has 0 spiro atoms. The number of halogens is 3. The van der Waals surface area contributed by atoms with Gasteiger partial charge in [-0.2, -0.15) is 13.2 Å². The van der Waals surface area contributed by atoms with Gasteiger partial charge in [0.2, 0.25) is 18.2 Å². The van der Waals surface area contributed by atoms with Crippen LogP contribution in [0.15, 0.2) is 21.8 Å². The van der Waals surface area contributed by atoms with Crippen LogP contribution in [-0.4, -0.2) is 28.6 Å². The maximum absolute atomic E-state index is 13.0. The van der Waals surface area contributed by atoms with Crippen molar-refractivity contribution in [1.29, 1.82) is 0 Å². The van der Waals surface area contributed by atoms with Crippen molar-refractivity contribution in [3.63, 3.8) is 0 Å². The Bertz CT molecular complexity index is 628. The van der Waals surface area contributed by atoms with Gasteiger partial charge in [0, 0.05) is 19.4 Å². The minimum atomic E-state index is -4.75. The van der Waals surface area contributed by atoms with E-state index in [-0.39, 0.29) is 18.0 Å². The summed E-state index contributed by atoms with van der Waals surface area (Å²) in [6.07, 6.45) is -4.53. The molecule has 0 saturated heterocycles. The number of carbonyl (C=O) groups is 2. The summed E-state index contributed by atoms with van der Waals surface area (Å²) in [5, 5.41) is 9.00. The van der Waals surface area contributed by atoms with E-state index in [2.05, 4.69) is 10.2 Å². The second kappa shape index (κ2) is 4.91. The summed E-state index contributed by atoms with van der Waals surface area (Å²) in [6.45, 7) is 1.41. The van der Waals surface area contributed by atoms with Crippen molar-refractivity contribution in [3.05, 3.63) is 29.1 Å². The molecule has 0 radical (unpaired) electrons. The molecule has 106 valence electrons. The highest BCUT2D eigenvalue weighted by Crippen LogP contribution is 2.39. The van der Waals surface area contributed by atoms with Gasteiger partial charge in [0.25, 0.3) is 0 Å². The molecule has 0 aliphatic heterocycles. The van der Waals surface area contributed by atoms with E-state index in [0.29, 0.717) is 0 Å². The van der Waals surface area contributed by atoms with E-state index in [1.54, 1.807) is 0 Å². The van der Waals surface area contributed by atoms with Crippen LogP contribution in [0.4, 0.5) is 13.2 Å². The van der Waals surface area contributed by atoms with Crippen molar-refractivity contribution < 1.29 is 27.2 Å². The molecule has 1 aliphatic rings. The Balaban J connectivity index is 2.65. The van der Waals surface area contributed by atoms with Gasteiger partial charge in [-0.1, -0.05) is 0 Å². The molecule has 1 aromatic rings. The predicted octanol–water partition coefficient (Wildman–Crippen LogP) is 1.30. The summed E-state index contributed by atoms with van der Waals surface area (Å²) in [7, 11) is 0. The molecule has 1 heterocycles. The molecule has 0 unspecified atom stereocenters. The Morgan fingerprint density at radius 1 is 1.40 bits per heavy atom. The Morgan fingerprint density at radius 2 is 2.10 bits per heavy atom. The number of nitrogens with one attached hydrogen (secondary N) is 1. The Morgan fingerprint density at radius 3 is 2.60 bits per heavy atom. The third-order valence-electron chi connectivity index (χ3n) is 2.52. The maximum atomic E-state index is 13.0. The molecule has 1 N–H and O–H groups in total. The Hall–Kier alpha value is -2.45. The minimum Gasteiger partial charge on any atom is -0.421 e. The van der Waals surface area contributed by atoms with E-state index in [1.807, 2.05) is 5.32 Å². The van der Waals surface area contributed by atoms with Crippen LogP contribution in [0, 0.1) is 6.92 Å². The zero-order valence-electron chi connectivity index (χ0n) is 10.1. The topological polar surface area (TPSA) is 85.1 Å². The van der Waals surface area contributed by atoms with Crippen LogP contribution in [-0.2, 0) is 9.59 Å². The summed E-state index contributed by atoms with van der Waals surface area (Å²) in [5.74, 6) is -1.11. The van der Waals surface area contributed by atoms with Gasteiger partial charge in [-0.15, -0.1) is 10.2 Å². The predicted molar refractivity (Wildman–Crippen MR) is 58.9 cm³/mol. The first-order valence-electron chi connectivity index (χ1n) is 5.39. The molecule has 9 heteroatoms. The van der Waals surface area contributed by atoms with Gasteiger partial charge in [-0.05, 0) is 0 Å². The van der Waals surface area contributed by atoms with Crippen molar-refractivity contribution in [2.24, 2.45) is 0 Å². The van der Waals surface area contributed by atoms with Gasteiger partial charge in [-0.25, -0.2) is 0 Å². The summed E-state index contributed by atoms with van der Waals surface area (Å²) < 4.78 is 44.1. The molecule has 0 atom stereocenters. The minimum absolute atomic E-state index is 0.0661. The van der Waals surface area contributed by atoms with E-state index < -0.39 is 35.4 Å². The SMILES string of the molecule is Cc1nnc(C2=C(C(F)(F)F)CC(=O)C=C2NC=O)o1. The summed E-state index contributed by atoms with van der Waals surface area (Å²) in [6, 6.07) is 0. The number of carbonyl (C=O) groups excluding carboxylic acids is 2. The van der Waals surface area contributed by atoms with E-state index >= 15 is 0 Å². The fraction of sp³-hybridized carbons (Fsp3) is 0.273. The number of alkyl halides is 3. The largest absolute Gasteiger partial charge is 0.421 e. The zero-order valence-corrected chi connectivity index (χ0v) is 10.1. The lowest BCUT2D eigenvalue weighted by molar-refractivity contribution is -0.119. The number of hydrogen-bond acceptors (Lipinski definition) is 5. The van der Waals surface area contributed by atoms with E-state index in [4.69, 9.17) is 4.42 Å². The highest BCUT2D eigenvalue weighted by Gasteiger charge is 2.41. The molecule has 0 aromatic carbocycles. The van der Waals surface area contributed by atoms with Crippen molar-refractivity contribution in [1.82, 2.24) is 15.5 Å². The van der Waals surface area contributed by atoms with Crippen LogP contribution in [0.2, 0.25) is 0 Å². The number of aryl methyl sites for hydroxylation is 1. The summed E-state index contributed by atoms with van der Waals surface area (Å²) in [4.78, 5) is 21.8. The molecular formula is C11H8F3N3O3. The number of nitrogens with zero attached hydrogens (tertiary/aromatic N) is 2. The fourth-order valence-electron chi connectivity index (χ4n) is 1.77. The lowest BCUT2D eigenvalue weighted by Gasteiger charge is -2.20. The quantitative estimate of drug-likeness (QED) is 0.847. The Kier molecular flexibility index (Phi) is 3.43. The maximum Gasteiger partial charge on any atom is 0.413 e. The van der Waals surface area contributed by atoms with E-state index in [9.17, 15) is 22.8 Å².